The number of aliphatic carboxylic acids is 3. The van der Waals surface area contributed by atoms with Crippen molar-refractivity contribution < 1.29 is 58.8 Å². The fraction of sp³-hybridized carbons (Fsp3) is 0.548. The zero-order valence-corrected chi connectivity index (χ0v) is 26.7. The zero-order valence-electron chi connectivity index (χ0n) is 26.7. The number of carbonyl (C=O) groups is 8. The predicted molar refractivity (Wildman–Crippen MR) is 167 cm³/mol. The van der Waals surface area contributed by atoms with Gasteiger partial charge in [-0.15, -0.1) is 0 Å². The molecule has 2 fully saturated rings. The van der Waals surface area contributed by atoms with Crippen LogP contribution < -0.4 is 21.7 Å². The van der Waals surface area contributed by atoms with Crippen LogP contribution in [0, 0.1) is 0 Å². The van der Waals surface area contributed by atoms with Gasteiger partial charge >= 0.3 is 17.9 Å². The van der Waals surface area contributed by atoms with E-state index < -0.39 is 110 Å². The van der Waals surface area contributed by atoms with Gasteiger partial charge in [0.25, 0.3) is 0 Å². The lowest BCUT2D eigenvalue weighted by molar-refractivity contribution is -0.147. The maximum Gasteiger partial charge on any atom is 0.326 e. The lowest BCUT2D eigenvalue weighted by Crippen LogP contribution is -2.59. The Kier molecular flexibility index (Phi) is 14.0. The van der Waals surface area contributed by atoms with Crippen molar-refractivity contribution >= 4 is 47.4 Å². The number of likely N-dealkylation sites (tertiary alicyclic amines) is 2. The van der Waals surface area contributed by atoms with Gasteiger partial charge in [-0.05, 0) is 44.1 Å². The third-order valence-electron chi connectivity index (χ3n) is 8.36. The maximum atomic E-state index is 13.7. The second-order valence-corrected chi connectivity index (χ2v) is 11.9. The molecule has 9 N–H and O–H groups in total. The summed E-state index contributed by atoms with van der Waals surface area (Å²) in [4.78, 5) is 102. The molecule has 2 saturated heterocycles. The molecule has 2 aliphatic rings. The summed E-state index contributed by atoms with van der Waals surface area (Å²) in [6.45, 7) is -0.484. The van der Waals surface area contributed by atoms with Gasteiger partial charge in [-0.25, -0.2) is 4.79 Å². The first-order valence-corrected chi connectivity index (χ1v) is 15.8. The number of carboxylic acids is 3. The van der Waals surface area contributed by atoms with Crippen LogP contribution in [0.25, 0.3) is 0 Å². The van der Waals surface area contributed by atoms with Crippen molar-refractivity contribution in [2.75, 3.05) is 19.7 Å². The molecule has 49 heavy (non-hydrogen) atoms. The van der Waals surface area contributed by atoms with Crippen LogP contribution in [0.1, 0.15) is 50.5 Å². The Labute approximate surface area is 281 Å². The molecule has 0 unspecified atom stereocenters. The number of aliphatic hydroxyl groups is 1. The molecule has 0 aromatic heterocycles. The van der Waals surface area contributed by atoms with E-state index in [1.807, 2.05) is 35.6 Å². The summed E-state index contributed by atoms with van der Waals surface area (Å²) in [5.41, 5.74) is 7.07. The number of hydrogen-bond donors (Lipinski definition) is 8. The Morgan fingerprint density at radius 1 is 0.776 bits per heavy atom. The molecule has 268 valence electrons. The van der Waals surface area contributed by atoms with Crippen LogP contribution in [0.2, 0.25) is 0 Å². The van der Waals surface area contributed by atoms with E-state index in [4.69, 9.17) is 10.8 Å². The second-order valence-electron chi connectivity index (χ2n) is 11.9. The van der Waals surface area contributed by atoms with Crippen molar-refractivity contribution in [3.63, 3.8) is 0 Å². The number of nitrogens with one attached hydrogen (secondary N) is 3. The quantitative estimate of drug-likeness (QED) is 0.0834. The number of carbonyl (C=O) groups excluding carboxylic acids is 5. The van der Waals surface area contributed by atoms with Crippen molar-refractivity contribution in [3.8, 4) is 0 Å². The molecule has 1 aromatic rings. The SMILES string of the molecule is N[C@@H](Cc1ccccc1)C(=O)N1CCC[C@H]1C(=O)N1CCC[C@H]1C(=O)N[C@@H](CO)C(=O)N[C@@H](CC(=O)O)C(=O)N[C@@H](CCC(=O)O)C(=O)O. The maximum absolute atomic E-state index is 13.7. The standard InChI is InChI=1S/C31H42N6O12/c32-18(14-17-6-2-1-3-7-17)29(46)37-13-5-9-23(37)30(47)36-12-4-8-22(36)28(45)35-21(16-38)27(44)34-20(15-25(41)42)26(43)33-19(31(48)49)10-11-24(39)40/h1-3,6-7,18-23,38H,4-5,8-16,32H2,(H,33,43)(H,34,44)(H,35,45)(H,39,40)(H,41,42)(H,48,49)/t18-,19-,20-,21-,22-,23-/m0/s1. The molecule has 0 bridgehead atoms. The van der Waals surface area contributed by atoms with Gasteiger partial charge in [-0.3, -0.25) is 33.6 Å². The summed E-state index contributed by atoms with van der Waals surface area (Å²) in [6.07, 6.45) is -0.324. The van der Waals surface area contributed by atoms with Crippen LogP contribution in [-0.2, 0) is 44.8 Å². The Hall–Kier alpha value is -5.10. The number of hydrogen-bond acceptors (Lipinski definition) is 10. The molecular formula is C31H42N6O12. The number of aliphatic hydroxyl groups excluding tert-OH is 1. The highest BCUT2D eigenvalue weighted by Gasteiger charge is 2.43. The molecule has 0 aliphatic carbocycles. The minimum absolute atomic E-state index is 0.189. The minimum Gasteiger partial charge on any atom is -0.481 e. The summed E-state index contributed by atoms with van der Waals surface area (Å²) in [5.74, 6) is -8.57. The first kappa shape index (κ1) is 38.3. The summed E-state index contributed by atoms with van der Waals surface area (Å²) in [5, 5.41) is 43.7. The molecule has 2 heterocycles. The smallest absolute Gasteiger partial charge is 0.326 e. The van der Waals surface area contributed by atoms with Crippen molar-refractivity contribution in [2.24, 2.45) is 5.73 Å². The van der Waals surface area contributed by atoms with Gasteiger partial charge in [0.05, 0.1) is 19.1 Å². The van der Waals surface area contributed by atoms with Gasteiger partial charge in [-0.2, -0.15) is 0 Å². The van der Waals surface area contributed by atoms with E-state index in [1.165, 1.54) is 9.80 Å². The van der Waals surface area contributed by atoms with E-state index in [0.29, 0.717) is 25.8 Å². The molecule has 3 rings (SSSR count). The lowest BCUT2D eigenvalue weighted by atomic mass is 10.0. The van der Waals surface area contributed by atoms with Gasteiger partial charge in [-0.1, -0.05) is 30.3 Å². The van der Waals surface area contributed by atoms with E-state index >= 15 is 0 Å². The predicted octanol–water partition coefficient (Wildman–Crippen LogP) is -2.59. The average Bonchev–Trinajstić information content (AvgIpc) is 3.75. The topological polar surface area (TPSA) is 286 Å². The van der Waals surface area contributed by atoms with Gasteiger partial charge in [0.2, 0.25) is 29.5 Å². The van der Waals surface area contributed by atoms with E-state index in [-0.39, 0.29) is 19.4 Å². The number of rotatable bonds is 17. The number of benzene rings is 1. The minimum atomic E-state index is -1.86. The van der Waals surface area contributed by atoms with Crippen LogP contribution in [0.3, 0.4) is 0 Å². The number of amides is 5. The van der Waals surface area contributed by atoms with Crippen molar-refractivity contribution in [1.82, 2.24) is 25.8 Å². The van der Waals surface area contributed by atoms with Crippen LogP contribution in [0.4, 0.5) is 0 Å². The summed E-state index contributed by atoms with van der Waals surface area (Å²) in [7, 11) is 0. The largest absolute Gasteiger partial charge is 0.481 e. The Morgan fingerprint density at radius 3 is 1.96 bits per heavy atom. The Bertz CT molecular complexity index is 1410. The lowest BCUT2D eigenvalue weighted by Gasteiger charge is -2.32. The monoisotopic (exact) mass is 690 g/mol. The van der Waals surface area contributed by atoms with Crippen LogP contribution in [0.5, 0.6) is 0 Å². The average molecular weight is 691 g/mol. The normalized spacial score (nSPS) is 19.6. The van der Waals surface area contributed by atoms with Gasteiger partial charge in [0, 0.05) is 19.5 Å². The van der Waals surface area contributed by atoms with Crippen molar-refractivity contribution in [3.05, 3.63) is 35.9 Å². The zero-order chi connectivity index (χ0) is 36.2. The molecule has 6 atom stereocenters. The molecule has 2 aliphatic heterocycles. The van der Waals surface area contributed by atoms with E-state index in [2.05, 4.69) is 10.6 Å². The number of nitrogens with zero attached hydrogens (tertiary/aromatic N) is 2. The van der Waals surface area contributed by atoms with Gasteiger partial charge < -0.3 is 51.9 Å². The third-order valence-corrected chi connectivity index (χ3v) is 8.36. The van der Waals surface area contributed by atoms with E-state index in [9.17, 15) is 53.7 Å². The summed E-state index contributed by atoms with van der Waals surface area (Å²) in [6, 6.07) is 1.12. The molecule has 18 nitrogen and oxygen atoms in total. The first-order valence-electron chi connectivity index (χ1n) is 15.8. The van der Waals surface area contributed by atoms with E-state index in [1.54, 1.807) is 0 Å². The van der Waals surface area contributed by atoms with Crippen molar-refractivity contribution in [2.45, 2.75) is 87.6 Å². The van der Waals surface area contributed by atoms with Crippen molar-refractivity contribution in [1.29, 1.82) is 0 Å². The van der Waals surface area contributed by atoms with Crippen LogP contribution >= 0.6 is 0 Å². The van der Waals surface area contributed by atoms with Crippen LogP contribution in [-0.4, -0.2) is 134 Å². The Balaban J connectivity index is 1.65. The fourth-order valence-electron chi connectivity index (χ4n) is 5.87. The second kappa shape index (κ2) is 17.9. The molecule has 0 saturated carbocycles. The van der Waals surface area contributed by atoms with Gasteiger partial charge in [0.1, 0.15) is 30.2 Å². The highest BCUT2D eigenvalue weighted by Crippen LogP contribution is 2.26. The third kappa shape index (κ3) is 10.7. The summed E-state index contributed by atoms with van der Waals surface area (Å²) < 4.78 is 0. The molecule has 1 aromatic carbocycles. The highest BCUT2D eigenvalue weighted by atomic mass is 16.4. The molecule has 0 spiro atoms. The molecule has 5 amide bonds. The molecular weight excluding hydrogens is 648 g/mol. The highest BCUT2D eigenvalue weighted by molar-refractivity contribution is 5.97. The van der Waals surface area contributed by atoms with Crippen LogP contribution in [0.15, 0.2) is 30.3 Å². The number of nitrogens with two attached hydrogens (primary N) is 1. The number of carboxylic acid groups (broad SMARTS) is 3. The summed E-state index contributed by atoms with van der Waals surface area (Å²) >= 11 is 0. The van der Waals surface area contributed by atoms with Gasteiger partial charge in [0.15, 0.2) is 0 Å². The Morgan fingerprint density at radius 2 is 1.37 bits per heavy atom. The van der Waals surface area contributed by atoms with E-state index in [0.717, 1.165) is 5.56 Å². The molecule has 0 radical (unpaired) electrons. The first-order chi connectivity index (χ1) is 23.2. The fourth-order valence-corrected chi connectivity index (χ4v) is 5.87. The molecule has 18 heteroatoms.